The number of furan rings is 1. The molecule has 1 aliphatic heterocycles. The first-order valence-corrected chi connectivity index (χ1v) is 9.17. The van der Waals surface area contributed by atoms with Crippen molar-refractivity contribution in [1.82, 2.24) is 10.2 Å². The van der Waals surface area contributed by atoms with E-state index in [-0.39, 0.29) is 5.91 Å². The minimum absolute atomic E-state index is 0.0977. The molecule has 1 aromatic carbocycles. The lowest BCUT2D eigenvalue weighted by Gasteiger charge is -2.35. The Morgan fingerprint density at radius 1 is 1.16 bits per heavy atom. The largest absolute Gasteiger partial charge is 0.455 e. The standard InChI is InChI=1S/C19H22ClN3O2/c20-14-2-1-3-16(12-14)23-10-8-22(9-11-23)13-17-6-7-18(25-17)19(24)21-15-4-5-15/h1-3,6-7,12,15H,4-5,8-11,13H2,(H,21,24). The van der Waals surface area contributed by atoms with Gasteiger partial charge in [0, 0.05) is 42.9 Å². The number of rotatable bonds is 5. The number of benzene rings is 1. The van der Waals surface area contributed by atoms with E-state index in [4.69, 9.17) is 16.0 Å². The van der Waals surface area contributed by atoms with Gasteiger partial charge in [-0.15, -0.1) is 0 Å². The summed E-state index contributed by atoms with van der Waals surface area (Å²) in [7, 11) is 0. The molecule has 25 heavy (non-hydrogen) atoms. The molecule has 132 valence electrons. The molecule has 0 unspecified atom stereocenters. The van der Waals surface area contributed by atoms with Crippen LogP contribution >= 0.6 is 11.6 Å². The summed E-state index contributed by atoms with van der Waals surface area (Å²) in [5.41, 5.74) is 1.17. The van der Waals surface area contributed by atoms with Crippen molar-refractivity contribution in [3.05, 3.63) is 52.9 Å². The van der Waals surface area contributed by atoms with Crippen molar-refractivity contribution in [3.63, 3.8) is 0 Å². The fourth-order valence-electron chi connectivity index (χ4n) is 3.13. The first-order valence-electron chi connectivity index (χ1n) is 8.80. The van der Waals surface area contributed by atoms with Crippen LogP contribution in [0.25, 0.3) is 0 Å². The summed E-state index contributed by atoms with van der Waals surface area (Å²) in [5.74, 6) is 1.16. The van der Waals surface area contributed by atoms with E-state index in [1.165, 1.54) is 5.69 Å². The summed E-state index contributed by atoms with van der Waals surface area (Å²) in [6.45, 7) is 4.56. The Hall–Kier alpha value is -1.98. The first-order chi connectivity index (χ1) is 12.2. The average molecular weight is 360 g/mol. The fraction of sp³-hybridized carbons (Fsp3) is 0.421. The van der Waals surface area contributed by atoms with Crippen molar-refractivity contribution in [2.75, 3.05) is 31.1 Å². The van der Waals surface area contributed by atoms with E-state index in [0.29, 0.717) is 11.8 Å². The van der Waals surface area contributed by atoms with Crippen LogP contribution < -0.4 is 10.2 Å². The number of amides is 1. The molecule has 2 heterocycles. The molecule has 4 rings (SSSR count). The van der Waals surface area contributed by atoms with Crippen LogP contribution in [0.1, 0.15) is 29.2 Å². The third-order valence-electron chi connectivity index (χ3n) is 4.72. The lowest BCUT2D eigenvalue weighted by molar-refractivity contribution is 0.0919. The monoisotopic (exact) mass is 359 g/mol. The zero-order valence-corrected chi connectivity index (χ0v) is 14.8. The minimum Gasteiger partial charge on any atom is -0.455 e. The Morgan fingerprint density at radius 2 is 1.96 bits per heavy atom. The molecule has 1 aliphatic carbocycles. The molecule has 1 amide bonds. The van der Waals surface area contributed by atoms with Gasteiger partial charge in [0.25, 0.3) is 5.91 Å². The second-order valence-electron chi connectivity index (χ2n) is 6.76. The summed E-state index contributed by atoms with van der Waals surface area (Å²) in [6, 6.07) is 12.0. The van der Waals surface area contributed by atoms with E-state index in [9.17, 15) is 4.79 Å². The summed E-state index contributed by atoms with van der Waals surface area (Å²) in [4.78, 5) is 16.7. The van der Waals surface area contributed by atoms with Gasteiger partial charge < -0.3 is 14.6 Å². The predicted molar refractivity (Wildman–Crippen MR) is 98.1 cm³/mol. The van der Waals surface area contributed by atoms with Gasteiger partial charge in [-0.3, -0.25) is 9.69 Å². The highest BCUT2D eigenvalue weighted by atomic mass is 35.5. The maximum atomic E-state index is 12.0. The molecule has 0 spiro atoms. The summed E-state index contributed by atoms with van der Waals surface area (Å²) in [5, 5.41) is 3.72. The van der Waals surface area contributed by atoms with Crippen molar-refractivity contribution in [2.45, 2.75) is 25.4 Å². The highest BCUT2D eigenvalue weighted by molar-refractivity contribution is 6.30. The molecule has 2 aromatic rings. The first kappa shape index (κ1) is 16.5. The van der Waals surface area contributed by atoms with Crippen molar-refractivity contribution < 1.29 is 9.21 Å². The Morgan fingerprint density at radius 3 is 2.68 bits per heavy atom. The smallest absolute Gasteiger partial charge is 0.287 e. The third-order valence-corrected chi connectivity index (χ3v) is 4.96. The number of hydrogen-bond donors (Lipinski definition) is 1. The quantitative estimate of drug-likeness (QED) is 0.891. The van der Waals surface area contributed by atoms with Crippen LogP contribution in [0.15, 0.2) is 40.8 Å². The van der Waals surface area contributed by atoms with Gasteiger partial charge in [0.15, 0.2) is 5.76 Å². The molecule has 0 radical (unpaired) electrons. The Kier molecular flexibility index (Phi) is 4.68. The van der Waals surface area contributed by atoms with E-state index in [2.05, 4.69) is 21.2 Å². The van der Waals surface area contributed by atoms with Crippen LogP contribution in [-0.2, 0) is 6.54 Å². The fourth-order valence-corrected chi connectivity index (χ4v) is 3.31. The van der Waals surface area contributed by atoms with Crippen LogP contribution in [0, 0.1) is 0 Å². The number of anilines is 1. The SMILES string of the molecule is O=C(NC1CC1)c1ccc(CN2CCN(c3cccc(Cl)c3)CC2)o1. The van der Waals surface area contributed by atoms with E-state index in [0.717, 1.165) is 56.3 Å². The van der Waals surface area contributed by atoms with E-state index in [1.54, 1.807) is 6.07 Å². The number of piperazine rings is 1. The normalized spacial score (nSPS) is 18.4. The van der Waals surface area contributed by atoms with Crippen LogP contribution in [0.4, 0.5) is 5.69 Å². The van der Waals surface area contributed by atoms with Crippen molar-refractivity contribution in [2.24, 2.45) is 0 Å². The molecule has 6 heteroatoms. The maximum Gasteiger partial charge on any atom is 0.287 e. The van der Waals surface area contributed by atoms with Crippen molar-refractivity contribution in [1.29, 1.82) is 0 Å². The van der Waals surface area contributed by atoms with E-state index >= 15 is 0 Å². The molecule has 1 aromatic heterocycles. The molecule has 1 saturated carbocycles. The van der Waals surface area contributed by atoms with Gasteiger partial charge in [0.2, 0.25) is 0 Å². The molecule has 1 saturated heterocycles. The number of nitrogens with zero attached hydrogens (tertiary/aromatic N) is 2. The van der Waals surface area contributed by atoms with Crippen molar-refractivity contribution >= 4 is 23.2 Å². The molecule has 5 nitrogen and oxygen atoms in total. The lowest BCUT2D eigenvalue weighted by atomic mass is 10.2. The summed E-state index contributed by atoms with van der Waals surface area (Å²) < 4.78 is 5.72. The maximum absolute atomic E-state index is 12.0. The van der Waals surface area contributed by atoms with Gasteiger partial charge in [0.1, 0.15) is 5.76 Å². The molecule has 2 aliphatic rings. The minimum atomic E-state index is -0.0977. The molecular weight excluding hydrogens is 338 g/mol. The van der Waals surface area contributed by atoms with Crippen LogP contribution in [0.5, 0.6) is 0 Å². The van der Waals surface area contributed by atoms with E-state index in [1.807, 2.05) is 24.3 Å². The molecule has 2 fully saturated rings. The van der Waals surface area contributed by atoms with Crippen LogP contribution in [0.2, 0.25) is 5.02 Å². The third kappa shape index (κ3) is 4.17. The van der Waals surface area contributed by atoms with E-state index < -0.39 is 0 Å². The summed E-state index contributed by atoms with van der Waals surface area (Å²) >= 11 is 6.08. The highest BCUT2D eigenvalue weighted by Crippen LogP contribution is 2.22. The molecule has 0 atom stereocenters. The van der Waals surface area contributed by atoms with Gasteiger partial charge in [0.05, 0.1) is 6.54 Å². The second kappa shape index (κ2) is 7.10. The van der Waals surface area contributed by atoms with Gasteiger partial charge in [-0.25, -0.2) is 0 Å². The van der Waals surface area contributed by atoms with Gasteiger partial charge in [-0.1, -0.05) is 17.7 Å². The molecular formula is C19H22ClN3O2. The summed E-state index contributed by atoms with van der Waals surface area (Å²) in [6.07, 6.45) is 2.16. The van der Waals surface area contributed by atoms with Gasteiger partial charge in [-0.05, 0) is 43.2 Å². The van der Waals surface area contributed by atoms with Gasteiger partial charge in [-0.2, -0.15) is 0 Å². The van der Waals surface area contributed by atoms with Crippen LogP contribution in [0.3, 0.4) is 0 Å². The predicted octanol–water partition coefficient (Wildman–Crippen LogP) is 3.15. The zero-order chi connectivity index (χ0) is 17.2. The Balaban J connectivity index is 1.30. The number of halogens is 1. The topological polar surface area (TPSA) is 48.7 Å². The molecule has 1 N–H and O–H groups in total. The average Bonchev–Trinajstić information content (AvgIpc) is 3.30. The number of carbonyl (C=O) groups excluding carboxylic acids is 1. The number of carbonyl (C=O) groups is 1. The van der Waals surface area contributed by atoms with Gasteiger partial charge >= 0.3 is 0 Å². The second-order valence-corrected chi connectivity index (χ2v) is 7.19. The van der Waals surface area contributed by atoms with Crippen LogP contribution in [-0.4, -0.2) is 43.0 Å². The zero-order valence-electron chi connectivity index (χ0n) is 14.1. The lowest BCUT2D eigenvalue weighted by Crippen LogP contribution is -2.45. The Bertz CT molecular complexity index is 749. The number of nitrogens with one attached hydrogen (secondary N) is 1. The number of hydrogen-bond acceptors (Lipinski definition) is 4. The molecule has 0 bridgehead atoms. The van der Waals surface area contributed by atoms with Crippen molar-refractivity contribution in [3.8, 4) is 0 Å². The highest BCUT2D eigenvalue weighted by Gasteiger charge is 2.25. The Labute approximate surface area is 152 Å².